The summed E-state index contributed by atoms with van der Waals surface area (Å²) in [5, 5.41) is 12.3. The lowest BCUT2D eigenvalue weighted by atomic mass is 10.1. The van der Waals surface area contributed by atoms with Gasteiger partial charge < -0.3 is 19.7 Å². The van der Waals surface area contributed by atoms with E-state index in [1.54, 1.807) is 47.6 Å². The minimum atomic E-state index is -0.430. The summed E-state index contributed by atoms with van der Waals surface area (Å²) in [7, 11) is 0. The van der Waals surface area contributed by atoms with E-state index >= 15 is 0 Å². The lowest BCUT2D eigenvalue weighted by Crippen LogP contribution is -2.47. The molecule has 0 unspecified atom stereocenters. The van der Waals surface area contributed by atoms with Crippen LogP contribution in [0.4, 0.5) is 4.79 Å². The average Bonchev–Trinajstić information content (AvgIpc) is 2.82. The smallest absolute Gasteiger partial charge is 0.416 e. The van der Waals surface area contributed by atoms with Crippen LogP contribution in [0.15, 0.2) is 42.7 Å². The zero-order chi connectivity index (χ0) is 22.5. The van der Waals surface area contributed by atoms with E-state index < -0.39 is 6.09 Å². The number of nitrogens with one attached hydrogen (secondary N) is 1. The quantitative estimate of drug-likeness (QED) is 0.671. The normalized spacial score (nSPS) is 13.3. The first-order chi connectivity index (χ1) is 15.5. The number of amides is 1. The van der Waals surface area contributed by atoms with Gasteiger partial charge in [-0.15, -0.1) is 0 Å². The standard InChI is InChI=1S/C23H22N6O3/c1-15-11-17(14-24)12-16(2)21(15)31-19-4-6-27-22(28-19)18-3-5-26-20(13-18)32-23(30)29-9-7-25-8-10-29/h3-6,11-13,25H,7-10H2,1-2H3. The summed E-state index contributed by atoms with van der Waals surface area (Å²) in [5.74, 6) is 1.60. The number of nitriles is 1. The molecule has 0 atom stereocenters. The molecule has 162 valence electrons. The van der Waals surface area contributed by atoms with Crippen LogP contribution >= 0.6 is 0 Å². The van der Waals surface area contributed by atoms with E-state index in [1.165, 1.54) is 0 Å². The van der Waals surface area contributed by atoms with E-state index in [9.17, 15) is 4.79 Å². The van der Waals surface area contributed by atoms with Crippen LogP contribution in [0.3, 0.4) is 0 Å². The number of rotatable bonds is 4. The van der Waals surface area contributed by atoms with Gasteiger partial charge in [-0.05, 0) is 43.2 Å². The highest BCUT2D eigenvalue weighted by Crippen LogP contribution is 2.30. The number of hydrogen-bond acceptors (Lipinski definition) is 8. The van der Waals surface area contributed by atoms with Crippen LogP contribution in [0.25, 0.3) is 11.4 Å². The Bertz CT molecular complexity index is 1160. The molecule has 0 spiro atoms. The first kappa shape index (κ1) is 21.2. The molecule has 1 amide bonds. The number of aromatic nitrogens is 3. The van der Waals surface area contributed by atoms with E-state index in [0.717, 1.165) is 24.2 Å². The van der Waals surface area contributed by atoms with Crippen molar-refractivity contribution in [2.75, 3.05) is 26.2 Å². The van der Waals surface area contributed by atoms with Crippen LogP contribution in [0.2, 0.25) is 0 Å². The van der Waals surface area contributed by atoms with Crippen molar-refractivity contribution in [3.8, 4) is 35.0 Å². The highest BCUT2D eigenvalue weighted by molar-refractivity contribution is 5.71. The third kappa shape index (κ3) is 4.82. The third-order valence-corrected chi connectivity index (χ3v) is 4.99. The molecule has 32 heavy (non-hydrogen) atoms. The minimum Gasteiger partial charge on any atom is -0.438 e. The fourth-order valence-electron chi connectivity index (χ4n) is 3.42. The van der Waals surface area contributed by atoms with Gasteiger partial charge in [-0.25, -0.2) is 14.8 Å². The fraction of sp³-hybridized carbons (Fsp3) is 0.261. The largest absolute Gasteiger partial charge is 0.438 e. The van der Waals surface area contributed by atoms with Crippen LogP contribution in [-0.2, 0) is 0 Å². The molecule has 0 aliphatic carbocycles. The van der Waals surface area contributed by atoms with Gasteiger partial charge in [0.25, 0.3) is 0 Å². The van der Waals surface area contributed by atoms with Crippen LogP contribution in [0, 0.1) is 25.2 Å². The number of carbonyl (C=O) groups is 1. The predicted molar refractivity (Wildman–Crippen MR) is 116 cm³/mol. The third-order valence-electron chi connectivity index (χ3n) is 4.99. The van der Waals surface area contributed by atoms with E-state index in [4.69, 9.17) is 14.7 Å². The summed E-state index contributed by atoms with van der Waals surface area (Å²) >= 11 is 0. The molecule has 2 aromatic heterocycles. The summed E-state index contributed by atoms with van der Waals surface area (Å²) in [6.07, 6.45) is 2.71. The van der Waals surface area contributed by atoms with Crippen molar-refractivity contribution in [2.24, 2.45) is 0 Å². The van der Waals surface area contributed by atoms with Crippen LogP contribution in [0.1, 0.15) is 16.7 Å². The second-order valence-corrected chi connectivity index (χ2v) is 7.36. The van der Waals surface area contributed by atoms with Crippen molar-refractivity contribution in [3.05, 3.63) is 59.4 Å². The zero-order valence-corrected chi connectivity index (χ0v) is 17.8. The molecule has 1 aliphatic heterocycles. The lowest BCUT2D eigenvalue weighted by Gasteiger charge is -2.26. The van der Waals surface area contributed by atoms with Crippen molar-refractivity contribution < 1.29 is 14.3 Å². The topological polar surface area (TPSA) is 113 Å². The van der Waals surface area contributed by atoms with E-state index in [-0.39, 0.29) is 5.88 Å². The summed E-state index contributed by atoms with van der Waals surface area (Å²) < 4.78 is 11.4. The Hall–Kier alpha value is -4.03. The zero-order valence-electron chi connectivity index (χ0n) is 17.8. The molecular weight excluding hydrogens is 408 g/mol. The lowest BCUT2D eigenvalue weighted by molar-refractivity contribution is 0.144. The Kier molecular flexibility index (Phi) is 6.24. The molecule has 3 heterocycles. The number of carbonyl (C=O) groups excluding carboxylic acids is 1. The van der Waals surface area contributed by atoms with Gasteiger partial charge in [-0.3, -0.25) is 0 Å². The monoisotopic (exact) mass is 430 g/mol. The van der Waals surface area contributed by atoms with Crippen LogP contribution in [-0.4, -0.2) is 52.1 Å². The average molecular weight is 430 g/mol. The molecule has 1 aliphatic rings. The second-order valence-electron chi connectivity index (χ2n) is 7.36. The van der Waals surface area contributed by atoms with Gasteiger partial charge in [0, 0.05) is 56.3 Å². The van der Waals surface area contributed by atoms with Crippen LogP contribution < -0.4 is 14.8 Å². The summed E-state index contributed by atoms with van der Waals surface area (Å²) in [4.78, 5) is 26.9. The maximum Gasteiger partial charge on any atom is 0.416 e. The first-order valence-electron chi connectivity index (χ1n) is 10.2. The molecule has 0 bridgehead atoms. The molecule has 1 N–H and O–H groups in total. The SMILES string of the molecule is Cc1cc(C#N)cc(C)c1Oc1ccnc(-c2ccnc(OC(=O)N3CCNCC3)c2)n1. The molecule has 9 nitrogen and oxygen atoms in total. The second kappa shape index (κ2) is 9.41. The Morgan fingerprint density at radius 2 is 1.78 bits per heavy atom. The van der Waals surface area contributed by atoms with Gasteiger partial charge in [0.2, 0.25) is 11.8 Å². The summed E-state index contributed by atoms with van der Waals surface area (Å²) in [6, 6.07) is 10.7. The number of nitrogens with zero attached hydrogens (tertiary/aromatic N) is 5. The fourth-order valence-corrected chi connectivity index (χ4v) is 3.42. The number of aryl methyl sites for hydroxylation is 2. The predicted octanol–water partition coefficient (Wildman–Crippen LogP) is 3.22. The van der Waals surface area contributed by atoms with Gasteiger partial charge in [-0.1, -0.05) is 0 Å². The van der Waals surface area contributed by atoms with Crippen molar-refractivity contribution in [3.63, 3.8) is 0 Å². The first-order valence-corrected chi connectivity index (χ1v) is 10.2. The molecule has 1 fully saturated rings. The Balaban J connectivity index is 1.53. The van der Waals surface area contributed by atoms with Crippen molar-refractivity contribution >= 4 is 6.09 Å². The molecule has 4 rings (SSSR count). The summed E-state index contributed by atoms with van der Waals surface area (Å²) in [5.41, 5.74) is 2.90. The van der Waals surface area contributed by atoms with Gasteiger partial charge in [-0.2, -0.15) is 10.2 Å². The van der Waals surface area contributed by atoms with E-state index in [0.29, 0.717) is 41.7 Å². The minimum absolute atomic E-state index is 0.180. The molecular formula is C23H22N6O3. The number of ether oxygens (including phenoxy) is 2. The number of pyridine rings is 1. The Morgan fingerprint density at radius 1 is 1.06 bits per heavy atom. The number of hydrogen-bond donors (Lipinski definition) is 1. The number of piperazine rings is 1. The molecule has 9 heteroatoms. The molecule has 0 radical (unpaired) electrons. The maximum absolute atomic E-state index is 12.3. The Labute approximate surface area is 185 Å². The van der Waals surface area contributed by atoms with Crippen molar-refractivity contribution in [2.45, 2.75) is 13.8 Å². The van der Waals surface area contributed by atoms with Gasteiger partial charge in [0.05, 0.1) is 11.6 Å². The molecule has 3 aromatic rings. The van der Waals surface area contributed by atoms with Gasteiger partial charge in [0.15, 0.2) is 5.82 Å². The summed E-state index contributed by atoms with van der Waals surface area (Å²) in [6.45, 7) is 6.42. The Morgan fingerprint density at radius 3 is 2.50 bits per heavy atom. The maximum atomic E-state index is 12.3. The van der Waals surface area contributed by atoms with Crippen molar-refractivity contribution in [1.82, 2.24) is 25.2 Å². The molecule has 1 aromatic carbocycles. The highest BCUT2D eigenvalue weighted by atomic mass is 16.6. The van der Waals surface area contributed by atoms with E-state index in [1.807, 2.05) is 13.8 Å². The number of benzene rings is 1. The van der Waals surface area contributed by atoms with E-state index in [2.05, 4.69) is 26.3 Å². The highest BCUT2D eigenvalue weighted by Gasteiger charge is 2.19. The van der Waals surface area contributed by atoms with Gasteiger partial charge >= 0.3 is 6.09 Å². The molecule has 0 saturated carbocycles. The van der Waals surface area contributed by atoms with Gasteiger partial charge in [0.1, 0.15) is 5.75 Å². The molecule has 1 saturated heterocycles. The van der Waals surface area contributed by atoms with Crippen LogP contribution in [0.5, 0.6) is 17.5 Å². The van der Waals surface area contributed by atoms with Crippen molar-refractivity contribution in [1.29, 1.82) is 5.26 Å².